The molecule has 34 heavy (non-hydrogen) atoms. The number of nitrogens with zero attached hydrogens (tertiary/aromatic N) is 2. The van der Waals surface area contributed by atoms with E-state index in [1.54, 1.807) is 0 Å². The van der Waals surface area contributed by atoms with Crippen molar-refractivity contribution in [1.29, 1.82) is 0 Å². The molecule has 1 fully saturated rings. The first-order valence-electron chi connectivity index (χ1n) is 13.2. The van der Waals surface area contributed by atoms with Crippen molar-refractivity contribution in [3.63, 3.8) is 0 Å². The first kappa shape index (κ1) is 23.4. The van der Waals surface area contributed by atoms with Crippen LogP contribution in [0.15, 0.2) is 36.4 Å². The largest absolute Gasteiger partial charge is 0.491 e. The van der Waals surface area contributed by atoms with E-state index in [0.717, 1.165) is 88.2 Å². The minimum absolute atomic E-state index is 0.179. The number of ether oxygens (including phenoxy) is 2. The zero-order valence-electron chi connectivity index (χ0n) is 20.7. The molecule has 2 aromatic carbocycles. The molecule has 1 aliphatic carbocycles. The molecule has 3 aliphatic rings. The van der Waals surface area contributed by atoms with Crippen LogP contribution >= 0.6 is 0 Å². The third kappa shape index (κ3) is 5.01. The van der Waals surface area contributed by atoms with Gasteiger partial charge in [0.15, 0.2) is 0 Å². The average Bonchev–Trinajstić information content (AvgIpc) is 3.40. The Morgan fingerprint density at radius 1 is 1.03 bits per heavy atom. The molecule has 2 aliphatic heterocycles. The molecule has 0 saturated carbocycles. The van der Waals surface area contributed by atoms with E-state index in [1.165, 1.54) is 16.7 Å². The minimum Gasteiger partial charge on any atom is -0.491 e. The van der Waals surface area contributed by atoms with Crippen molar-refractivity contribution >= 4 is 5.91 Å². The van der Waals surface area contributed by atoms with Crippen molar-refractivity contribution in [1.82, 2.24) is 9.80 Å². The molecule has 0 unspecified atom stereocenters. The normalized spacial score (nSPS) is 22.1. The zero-order chi connectivity index (χ0) is 23.5. The Morgan fingerprint density at radius 2 is 1.91 bits per heavy atom. The van der Waals surface area contributed by atoms with Gasteiger partial charge in [-0.1, -0.05) is 32.0 Å². The van der Waals surface area contributed by atoms with Crippen molar-refractivity contribution in [3.8, 4) is 5.75 Å². The summed E-state index contributed by atoms with van der Waals surface area (Å²) in [7, 11) is 0. The summed E-state index contributed by atoms with van der Waals surface area (Å²) in [6.07, 6.45) is 6.35. The lowest BCUT2D eigenvalue weighted by atomic mass is 9.85. The molecule has 0 bridgehead atoms. The number of carbonyl (C=O) groups excluding carboxylic acids is 1. The molecule has 5 nitrogen and oxygen atoms in total. The van der Waals surface area contributed by atoms with Crippen LogP contribution in [0.2, 0.25) is 0 Å². The minimum atomic E-state index is 0.179. The summed E-state index contributed by atoms with van der Waals surface area (Å²) in [4.78, 5) is 18.0. The van der Waals surface area contributed by atoms with E-state index < -0.39 is 0 Å². The van der Waals surface area contributed by atoms with Gasteiger partial charge in [0.05, 0.1) is 6.10 Å². The van der Waals surface area contributed by atoms with E-state index >= 15 is 0 Å². The van der Waals surface area contributed by atoms with Gasteiger partial charge in [-0.05, 0) is 92.1 Å². The number of hydrogen-bond donors (Lipinski definition) is 0. The van der Waals surface area contributed by atoms with Gasteiger partial charge < -0.3 is 14.4 Å². The number of fused-ring (bicyclic) bond motifs is 2. The molecule has 0 N–H and O–H groups in total. The molecule has 5 rings (SSSR count). The van der Waals surface area contributed by atoms with Crippen LogP contribution in [-0.2, 0) is 30.5 Å². The van der Waals surface area contributed by atoms with Crippen LogP contribution < -0.4 is 4.74 Å². The highest BCUT2D eigenvalue weighted by Crippen LogP contribution is 2.31. The van der Waals surface area contributed by atoms with Gasteiger partial charge in [-0.3, -0.25) is 9.69 Å². The highest BCUT2D eigenvalue weighted by molar-refractivity contribution is 5.97. The van der Waals surface area contributed by atoms with Crippen molar-refractivity contribution < 1.29 is 14.3 Å². The third-order valence-corrected chi connectivity index (χ3v) is 7.86. The molecule has 1 amide bonds. The fraction of sp³-hybridized carbons (Fsp3) is 0.552. The zero-order valence-corrected chi connectivity index (χ0v) is 20.7. The second-order valence-corrected chi connectivity index (χ2v) is 9.97. The number of carbonyl (C=O) groups is 1. The van der Waals surface area contributed by atoms with E-state index in [1.807, 2.05) is 12.1 Å². The lowest BCUT2D eigenvalue weighted by Gasteiger charge is -2.38. The average molecular weight is 463 g/mol. The molecule has 1 saturated heterocycles. The molecular formula is C29H38N2O3. The Labute approximate surface area is 204 Å². The van der Waals surface area contributed by atoms with E-state index in [9.17, 15) is 4.79 Å². The highest BCUT2D eigenvalue weighted by atomic mass is 16.5. The van der Waals surface area contributed by atoms with Gasteiger partial charge >= 0.3 is 0 Å². The first-order chi connectivity index (χ1) is 16.6. The van der Waals surface area contributed by atoms with Gasteiger partial charge in [-0.15, -0.1) is 0 Å². The third-order valence-electron chi connectivity index (χ3n) is 7.86. The smallest absolute Gasteiger partial charge is 0.254 e. The lowest BCUT2D eigenvalue weighted by molar-refractivity contribution is 0.0638. The second-order valence-electron chi connectivity index (χ2n) is 9.97. The molecule has 0 aromatic heterocycles. The number of amides is 1. The van der Waals surface area contributed by atoms with Crippen LogP contribution in [0.4, 0.5) is 0 Å². The van der Waals surface area contributed by atoms with Crippen LogP contribution in [-0.4, -0.2) is 60.7 Å². The number of benzene rings is 2. The molecule has 2 atom stereocenters. The predicted octanol–water partition coefficient (Wildman–Crippen LogP) is 4.64. The van der Waals surface area contributed by atoms with Gasteiger partial charge in [0.2, 0.25) is 0 Å². The summed E-state index contributed by atoms with van der Waals surface area (Å²) in [6.45, 7) is 9.85. The van der Waals surface area contributed by atoms with E-state index in [-0.39, 0.29) is 18.1 Å². The standard InChI is InChI=1S/C29H38N2O3/c1-3-30(4-2)19-21-7-8-23-17-25(10-9-22(23)16-21)31-14-13-24-18-26(11-12-28(24)29(31)32)34-20-27-6-5-15-33-27/h7-8,11-12,16,18,25,27H,3-6,9-10,13-15,17,19-20H2,1-2H3/t25-,27-/m0/s1. The van der Waals surface area contributed by atoms with Gasteiger partial charge in [-0.2, -0.15) is 0 Å². The molecule has 2 heterocycles. The van der Waals surface area contributed by atoms with Gasteiger partial charge in [0.25, 0.3) is 5.91 Å². The van der Waals surface area contributed by atoms with Crippen LogP contribution in [0.25, 0.3) is 0 Å². The summed E-state index contributed by atoms with van der Waals surface area (Å²) in [5.74, 6) is 1.03. The van der Waals surface area contributed by atoms with Gasteiger partial charge in [-0.25, -0.2) is 0 Å². The quantitative estimate of drug-likeness (QED) is 0.573. The first-order valence-corrected chi connectivity index (χ1v) is 13.2. The van der Waals surface area contributed by atoms with E-state index in [2.05, 4.69) is 47.9 Å². The number of hydrogen-bond acceptors (Lipinski definition) is 4. The van der Waals surface area contributed by atoms with Crippen LogP contribution in [0.3, 0.4) is 0 Å². The monoisotopic (exact) mass is 462 g/mol. The Hall–Kier alpha value is -2.37. The topological polar surface area (TPSA) is 42.0 Å². The Kier molecular flexibility index (Phi) is 7.21. The molecule has 0 spiro atoms. The summed E-state index contributed by atoms with van der Waals surface area (Å²) >= 11 is 0. The van der Waals surface area contributed by atoms with Crippen molar-refractivity contribution in [2.24, 2.45) is 0 Å². The van der Waals surface area contributed by atoms with E-state index in [4.69, 9.17) is 9.47 Å². The van der Waals surface area contributed by atoms with Crippen molar-refractivity contribution in [3.05, 3.63) is 64.2 Å². The van der Waals surface area contributed by atoms with Crippen LogP contribution in [0, 0.1) is 0 Å². The Balaban J connectivity index is 1.23. The maximum absolute atomic E-state index is 13.4. The fourth-order valence-electron chi connectivity index (χ4n) is 5.74. The maximum atomic E-state index is 13.4. The Morgan fingerprint density at radius 3 is 2.71 bits per heavy atom. The van der Waals surface area contributed by atoms with Crippen LogP contribution in [0.5, 0.6) is 5.75 Å². The number of rotatable bonds is 8. The Bertz CT molecular complexity index is 1010. The molecule has 182 valence electrons. The maximum Gasteiger partial charge on any atom is 0.254 e. The van der Waals surface area contributed by atoms with Crippen molar-refractivity contribution in [2.75, 3.05) is 32.8 Å². The molecule has 0 radical (unpaired) electrons. The second kappa shape index (κ2) is 10.5. The molecule has 2 aromatic rings. The lowest BCUT2D eigenvalue weighted by Crippen LogP contribution is -2.47. The van der Waals surface area contributed by atoms with Crippen molar-refractivity contribution in [2.45, 2.75) is 71.1 Å². The predicted molar refractivity (Wildman–Crippen MR) is 135 cm³/mol. The SMILES string of the molecule is CCN(CC)Cc1ccc2c(c1)CC[C@H](N1CCc3cc(OC[C@@H]4CCCO4)ccc3C1=O)C2. The number of aryl methyl sites for hydroxylation is 1. The van der Waals surface area contributed by atoms with Crippen LogP contribution in [0.1, 0.15) is 65.7 Å². The molecule has 5 heteroatoms. The summed E-state index contributed by atoms with van der Waals surface area (Å²) in [6, 6.07) is 13.2. The van der Waals surface area contributed by atoms with Gasteiger partial charge in [0, 0.05) is 31.3 Å². The van der Waals surface area contributed by atoms with E-state index in [0.29, 0.717) is 6.61 Å². The summed E-state index contributed by atoms with van der Waals surface area (Å²) < 4.78 is 11.6. The summed E-state index contributed by atoms with van der Waals surface area (Å²) in [5.41, 5.74) is 6.25. The molecular weight excluding hydrogens is 424 g/mol. The van der Waals surface area contributed by atoms with Gasteiger partial charge in [0.1, 0.15) is 12.4 Å². The highest BCUT2D eigenvalue weighted by Gasteiger charge is 2.32. The summed E-state index contributed by atoms with van der Waals surface area (Å²) in [5, 5.41) is 0. The fourth-order valence-corrected chi connectivity index (χ4v) is 5.74.